The first-order valence-corrected chi connectivity index (χ1v) is 6.68. The van der Waals surface area contributed by atoms with Gasteiger partial charge in [0.15, 0.2) is 0 Å². The van der Waals surface area contributed by atoms with Crippen LogP contribution in [0, 0.1) is 5.92 Å². The Kier molecular flexibility index (Phi) is 4.37. The summed E-state index contributed by atoms with van der Waals surface area (Å²) in [6, 6.07) is 11.1. The molecule has 0 bridgehead atoms. The van der Waals surface area contributed by atoms with E-state index in [1.54, 1.807) is 0 Å². The molecule has 1 atom stereocenters. The van der Waals surface area contributed by atoms with Crippen LogP contribution in [-0.2, 0) is 9.53 Å². The van der Waals surface area contributed by atoms with Crippen molar-refractivity contribution in [3.05, 3.63) is 35.9 Å². The van der Waals surface area contributed by atoms with Crippen LogP contribution in [0.25, 0.3) is 0 Å². The molecule has 0 saturated heterocycles. The Bertz CT molecular complexity index is 385. The van der Waals surface area contributed by atoms with Gasteiger partial charge >= 0.3 is 5.97 Å². The van der Waals surface area contributed by atoms with Gasteiger partial charge in [-0.05, 0) is 32.3 Å². The highest BCUT2D eigenvalue weighted by Gasteiger charge is 2.35. The minimum atomic E-state index is -0.0390. The third-order valence-electron chi connectivity index (χ3n) is 3.54. The van der Waals surface area contributed by atoms with Gasteiger partial charge in [0.1, 0.15) is 0 Å². The van der Waals surface area contributed by atoms with E-state index in [0.29, 0.717) is 18.7 Å². The highest BCUT2D eigenvalue weighted by molar-refractivity contribution is 5.73. The summed E-state index contributed by atoms with van der Waals surface area (Å²) in [6.07, 6.45) is 1.80. The highest BCUT2D eigenvalue weighted by atomic mass is 16.5. The van der Waals surface area contributed by atoms with Gasteiger partial charge in [0.2, 0.25) is 0 Å². The summed E-state index contributed by atoms with van der Waals surface area (Å²) in [5.41, 5.74) is 1.29. The zero-order valence-electron chi connectivity index (χ0n) is 11.1. The molecule has 1 aliphatic rings. The van der Waals surface area contributed by atoms with Crippen molar-refractivity contribution >= 4 is 5.97 Å². The molecule has 1 aliphatic carbocycles. The van der Waals surface area contributed by atoms with Crippen LogP contribution in [0.1, 0.15) is 38.3 Å². The molecular formula is C15H21NO2. The number of hydrogen-bond acceptors (Lipinski definition) is 3. The standard InChI is InChI=1S/C15H21NO2/c1-3-18-15(17)13-9-14(10-13)16-11(2)12-7-5-4-6-8-12/h4-8,11,13-14,16H,3,9-10H2,1-2H3. The molecule has 1 saturated carbocycles. The number of rotatable bonds is 5. The summed E-state index contributed by atoms with van der Waals surface area (Å²) in [6.45, 7) is 4.49. The molecule has 1 N–H and O–H groups in total. The molecule has 0 spiro atoms. The van der Waals surface area contributed by atoms with E-state index in [-0.39, 0.29) is 11.9 Å². The van der Waals surface area contributed by atoms with Crippen LogP contribution in [-0.4, -0.2) is 18.6 Å². The number of carbonyl (C=O) groups is 1. The number of ether oxygens (including phenoxy) is 1. The smallest absolute Gasteiger partial charge is 0.309 e. The predicted molar refractivity (Wildman–Crippen MR) is 71.1 cm³/mol. The number of nitrogens with one attached hydrogen (secondary N) is 1. The summed E-state index contributed by atoms with van der Waals surface area (Å²) < 4.78 is 5.02. The van der Waals surface area contributed by atoms with E-state index in [1.807, 2.05) is 13.0 Å². The minimum absolute atomic E-state index is 0.0390. The Morgan fingerprint density at radius 1 is 1.39 bits per heavy atom. The minimum Gasteiger partial charge on any atom is -0.466 e. The third kappa shape index (κ3) is 3.10. The maximum Gasteiger partial charge on any atom is 0.309 e. The number of esters is 1. The average Bonchev–Trinajstić information content (AvgIpc) is 2.34. The molecule has 18 heavy (non-hydrogen) atoms. The molecule has 3 heteroatoms. The van der Waals surface area contributed by atoms with Crippen molar-refractivity contribution in [3.8, 4) is 0 Å². The number of hydrogen-bond donors (Lipinski definition) is 1. The van der Waals surface area contributed by atoms with Crippen LogP contribution in [0.5, 0.6) is 0 Å². The molecule has 1 fully saturated rings. The van der Waals surface area contributed by atoms with E-state index < -0.39 is 0 Å². The molecular weight excluding hydrogens is 226 g/mol. The second-order valence-corrected chi connectivity index (χ2v) is 4.92. The molecule has 98 valence electrons. The van der Waals surface area contributed by atoms with Crippen LogP contribution < -0.4 is 5.32 Å². The average molecular weight is 247 g/mol. The summed E-state index contributed by atoms with van der Waals surface area (Å²) >= 11 is 0. The normalized spacial score (nSPS) is 24.1. The monoisotopic (exact) mass is 247 g/mol. The first-order valence-electron chi connectivity index (χ1n) is 6.68. The maximum absolute atomic E-state index is 11.5. The van der Waals surface area contributed by atoms with Crippen LogP contribution >= 0.6 is 0 Å². The van der Waals surface area contributed by atoms with Gasteiger partial charge in [-0.3, -0.25) is 4.79 Å². The lowest BCUT2D eigenvalue weighted by atomic mass is 9.80. The molecule has 2 rings (SSSR count). The number of carbonyl (C=O) groups excluding carboxylic acids is 1. The fraction of sp³-hybridized carbons (Fsp3) is 0.533. The fourth-order valence-electron chi connectivity index (χ4n) is 2.40. The van der Waals surface area contributed by atoms with Crippen molar-refractivity contribution < 1.29 is 9.53 Å². The Hall–Kier alpha value is -1.35. The summed E-state index contributed by atoms with van der Waals surface area (Å²) in [5, 5.41) is 3.55. The molecule has 0 heterocycles. The van der Waals surface area contributed by atoms with Crippen molar-refractivity contribution in [2.24, 2.45) is 5.92 Å². The van der Waals surface area contributed by atoms with Gasteiger partial charge in [0.05, 0.1) is 12.5 Å². The van der Waals surface area contributed by atoms with Gasteiger partial charge in [-0.25, -0.2) is 0 Å². The Morgan fingerprint density at radius 2 is 2.06 bits per heavy atom. The zero-order chi connectivity index (χ0) is 13.0. The van der Waals surface area contributed by atoms with Crippen LogP contribution in [0.15, 0.2) is 30.3 Å². The second kappa shape index (κ2) is 6.01. The lowest BCUT2D eigenvalue weighted by Gasteiger charge is -2.36. The van der Waals surface area contributed by atoms with E-state index in [9.17, 15) is 4.79 Å². The first-order chi connectivity index (χ1) is 8.70. The molecule has 0 radical (unpaired) electrons. The quantitative estimate of drug-likeness (QED) is 0.813. The van der Waals surface area contributed by atoms with Gasteiger partial charge in [-0.2, -0.15) is 0 Å². The SMILES string of the molecule is CCOC(=O)C1CC(NC(C)c2ccccc2)C1. The zero-order valence-corrected chi connectivity index (χ0v) is 11.1. The fourth-order valence-corrected chi connectivity index (χ4v) is 2.40. The van der Waals surface area contributed by atoms with Crippen molar-refractivity contribution in [1.82, 2.24) is 5.32 Å². The van der Waals surface area contributed by atoms with E-state index in [1.165, 1.54) is 5.56 Å². The lowest BCUT2D eigenvalue weighted by Crippen LogP contribution is -2.45. The van der Waals surface area contributed by atoms with E-state index in [0.717, 1.165) is 12.8 Å². The molecule has 1 unspecified atom stereocenters. The van der Waals surface area contributed by atoms with Gasteiger partial charge in [-0.1, -0.05) is 30.3 Å². The van der Waals surface area contributed by atoms with Gasteiger partial charge < -0.3 is 10.1 Å². The van der Waals surface area contributed by atoms with Crippen LogP contribution in [0.2, 0.25) is 0 Å². The van der Waals surface area contributed by atoms with E-state index >= 15 is 0 Å². The van der Waals surface area contributed by atoms with E-state index in [4.69, 9.17) is 4.74 Å². The molecule has 0 amide bonds. The van der Waals surface area contributed by atoms with Crippen molar-refractivity contribution in [1.29, 1.82) is 0 Å². The van der Waals surface area contributed by atoms with Crippen molar-refractivity contribution in [2.45, 2.75) is 38.8 Å². The molecule has 0 aromatic heterocycles. The van der Waals surface area contributed by atoms with E-state index in [2.05, 4.69) is 36.5 Å². The predicted octanol–water partition coefficient (Wildman–Crippen LogP) is 2.68. The molecule has 0 aliphatic heterocycles. The van der Waals surface area contributed by atoms with Crippen LogP contribution in [0.3, 0.4) is 0 Å². The van der Waals surface area contributed by atoms with Gasteiger partial charge in [0, 0.05) is 12.1 Å². The largest absolute Gasteiger partial charge is 0.466 e. The topological polar surface area (TPSA) is 38.3 Å². The van der Waals surface area contributed by atoms with Gasteiger partial charge in [-0.15, -0.1) is 0 Å². The first kappa shape index (κ1) is 13.1. The molecule has 1 aromatic rings. The second-order valence-electron chi connectivity index (χ2n) is 4.92. The summed E-state index contributed by atoms with van der Waals surface area (Å²) in [7, 11) is 0. The Morgan fingerprint density at radius 3 is 2.67 bits per heavy atom. The molecule has 3 nitrogen and oxygen atoms in total. The number of benzene rings is 1. The van der Waals surface area contributed by atoms with Gasteiger partial charge in [0.25, 0.3) is 0 Å². The summed E-state index contributed by atoms with van der Waals surface area (Å²) in [5.74, 6) is 0.0633. The molecule has 1 aromatic carbocycles. The highest BCUT2D eigenvalue weighted by Crippen LogP contribution is 2.30. The van der Waals surface area contributed by atoms with Crippen LogP contribution in [0.4, 0.5) is 0 Å². The third-order valence-corrected chi connectivity index (χ3v) is 3.54. The Balaban J connectivity index is 1.75. The van der Waals surface area contributed by atoms with Crippen molar-refractivity contribution in [2.75, 3.05) is 6.61 Å². The Labute approximate surface area is 109 Å². The van der Waals surface area contributed by atoms with Crippen molar-refractivity contribution in [3.63, 3.8) is 0 Å². The maximum atomic E-state index is 11.5. The summed E-state index contributed by atoms with van der Waals surface area (Å²) in [4.78, 5) is 11.5. The lowest BCUT2D eigenvalue weighted by molar-refractivity contribution is -0.151.